The van der Waals surface area contributed by atoms with Crippen LogP contribution in [0.1, 0.15) is 16.7 Å². The van der Waals surface area contributed by atoms with E-state index in [-0.39, 0.29) is 22.4 Å². The minimum atomic E-state index is 0.111. The Morgan fingerprint density at radius 2 is 0.970 bits per heavy atom. The zero-order chi connectivity index (χ0) is 44.2. The standard InChI is InChI=1S/C58H29N7S/c1-62-57-35(32-60)28-38(64-49-21-11-7-17-42(49)55-51(64)24-23-40-39-15-5-9-19-47(39)65(58(40)55)36-13-3-2-4-14-36)30-45(57)44-29-37(27-34(31-59)46(44)33-61)63-48-20-10-6-16-41(48)54-50(63)25-26-53-56(54)43-18-8-12-22-52(43)66-53/h2-30H. The van der Waals surface area contributed by atoms with Gasteiger partial charge in [-0.15, -0.1) is 11.3 Å². The van der Waals surface area contributed by atoms with Gasteiger partial charge in [0, 0.05) is 69.6 Å². The molecule has 0 saturated carbocycles. The Morgan fingerprint density at radius 3 is 1.65 bits per heavy atom. The number of nitriles is 3. The van der Waals surface area contributed by atoms with Gasteiger partial charge in [0.2, 0.25) is 5.69 Å². The lowest BCUT2D eigenvalue weighted by Gasteiger charge is -2.17. The van der Waals surface area contributed by atoms with Crippen LogP contribution in [0.25, 0.3) is 119 Å². The van der Waals surface area contributed by atoms with E-state index in [2.05, 4.69) is 158 Å². The summed E-state index contributed by atoms with van der Waals surface area (Å²) < 4.78 is 9.01. The van der Waals surface area contributed by atoms with Gasteiger partial charge in [0.15, 0.2) is 0 Å². The highest BCUT2D eigenvalue weighted by atomic mass is 32.1. The maximum Gasteiger partial charge on any atom is 0.212 e. The number of aromatic nitrogens is 3. The number of rotatable bonds is 4. The summed E-state index contributed by atoms with van der Waals surface area (Å²) in [6.07, 6.45) is 0. The highest BCUT2D eigenvalue weighted by molar-refractivity contribution is 7.26. The highest BCUT2D eigenvalue weighted by Gasteiger charge is 2.25. The van der Waals surface area contributed by atoms with Crippen molar-refractivity contribution in [2.45, 2.75) is 0 Å². The summed E-state index contributed by atoms with van der Waals surface area (Å²) >= 11 is 1.76. The van der Waals surface area contributed by atoms with Crippen LogP contribution in [0, 0.1) is 40.6 Å². The second kappa shape index (κ2) is 14.0. The summed E-state index contributed by atoms with van der Waals surface area (Å²) in [5.41, 5.74) is 9.61. The maximum atomic E-state index is 10.9. The van der Waals surface area contributed by atoms with Crippen LogP contribution in [-0.4, -0.2) is 13.7 Å². The largest absolute Gasteiger partial charge is 0.309 e. The van der Waals surface area contributed by atoms with E-state index in [1.807, 2.05) is 42.5 Å². The number of thiophene rings is 1. The Bertz CT molecular complexity index is 4460. The number of para-hydroxylation sites is 4. The van der Waals surface area contributed by atoms with Gasteiger partial charge in [-0.1, -0.05) is 97.1 Å². The fourth-order valence-electron chi connectivity index (χ4n) is 10.5. The lowest BCUT2D eigenvalue weighted by atomic mass is 9.92. The van der Waals surface area contributed by atoms with Crippen molar-refractivity contribution in [1.82, 2.24) is 13.7 Å². The Labute approximate surface area is 380 Å². The van der Waals surface area contributed by atoms with E-state index in [1.165, 1.54) is 20.2 Å². The second-order valence-electron chi connectivity index (χ2n) is 16.4. The molecule has 4 aromatic heterocycles. The van der Waals surface area contributed by atoms with Crippen molar-refractivity contribution in [2.75, 3.05) is 0 Å². The van der Waals surface area contributed by atoms with Crippen LogP contribution in [0.5, 0.6) is 0 Å². The zero-order valence-corrected chi connectivity index (χ0v) is 35.6. The highest BCUT2D eigenvalue weighted by Crippen LogP contribution is 2.47. The first kappa shape index (κ1) is 37.1. The molecular formula is C58H29N7S. The molecule has 0 amide bonds. The van der Waals surface area contributed by atoms with Gasteiger partial charge in [-0.2, -0.15) is 15.8 Å². The zero-order valence-electron chi connectivity index (χ0n) is 34.8. The Morgan fingerprint density at radius 1 is 0.409 bits per heavy atom. The van der Waals surface area contributed by atoms with Crippen molar-refractivity contribution in [3.05, 3.63) is 204 Å². The molecule has 9 aromatic carbocycles. The quantitative estimate of drug-likeness (QED) is 0.165. The first-order valence-corrected chi connectivity index (χ1v) is 22.2. The third-order valence-corrected chi connectivity index (χ3v) is 14.3. The fraction of sp³-hybridized carbons (Fsp3) is 0. The van der Waals surface area contributed by atoms with E-state index >= 15 is 0 Å². The van der Waals surface area contributed by atoms with Crippen LogP contribution in [0.4, 0.5) is 5.69 Å². The smallest absolute Gasteiger partial charge is 0.212 e. The van der Waals surface area contributed by atoms with Crippen LogP contribution in [-0.2, 0) is 0 Å². The summed E-state index contributed by atoms with van der Waals surface area (Å²) in [6, 6.07) is 66.8. The van der Waals surface area contributed by atoms with E-state index in [9.17, 15) is 15.8 Å². The van der Waals surface area contributed by atoms with Crippen molar-refractivity contribution >= 4 is 103 Å². The van der Waals surface area contributed by atoms with E-state index in [1.54, 1.807) is 23.5 Å². The monoisotopic (exact) mass is 855 g/mol. The topological polar surface area (TPSA) is 90.5 Å². The van der Waals surface area contributed by atoms with Crippen LogP contribution in [0.2, 0.25) is 0 Å². The van der Waals surface area contributed by atoms with Crippen molar-refractivity contribution in [1.29, 1.82) is 15.8 Å². The predicted molar refractivity (Wildman–Crippen MR) is 268 cm³/mol. The van der Waals surface area contributed by atoms with E-state index in [4.69, 9.17) is 6.57 Å². The number of hydrogen-bond donors (Lipinski definition) is 0. The third-order valence-electron chi connectivity index (χ3n) is 13.1. The van der Waals surface area contributed by atoms with Gasteiger partial charge in [-0.05, 0) is 90.0 Å². The third kappa shape index (κ3) is 5.02. The molecule has 0 bridgehead atoms. The molecule has 13 rings (SSSR count). The molecule has 0 fully saturated rings. The SMILES string of the molecule is [C-]#[N+]c1c(C#N)cc(-n2c3ccccc3c3c2ccc2c4ccccc4n(-c4ccccc4)c23)cc1-c1cc(-n2c3ccccc3c3c4c(ccc32)sc2ccccc24)cc(C#N)c1C#N. The summed E-state index contributed by atoms with van der Waals surface area (Å²) in [5.74, 6) is 0. The average Bonchev–Trinajstić information content (AvgIpc) is 4.12. The molecule has 0 aliphatic carbocycles. The molecule has 0 saturated heterocycles. The van der Waals surface area contributed by atoms with E-state index in [0.717, 1.165) is 71.1 Å². The number of nitrogens with zero attached hydrogens (tertiary/aromatic N) is 7. The van der Waals surface area contributed by atoms with Gasteiger partial charge < -0.3 is 13.7 Å². The van der Waals surface area contributed by atoms with Gasteiger partial charge >= 0.3 is 0 Å². The molecule has 7 nitrogen and oxygen atoms in total. The van der Waals surface area contributed by atoms with Crippen molar-refractivity contribution in [3.8, 4) is 46.4 Å². The summed E-state index contributed by atoms with van der Waals surface area (Å²) in [5, 5.41) is 41.4. The number of benzene rings is 9. The molecular weight excluding hydrogens is 827 g/mol. The van der Waals surface area contributed by atoms with Crippen LogP contribution < -0.4 is 0 Å². The molecule has 4 heterocycles. The van der Waals surface area contributed by atoms with E-state index in [0.29, 0.717) is 22.5 Å². The minimum Gasteiger partial charge on any atom is -0.309 e. The first-order chi connectivity index (χ1) is 32.6. The first-order valence-electron chi connectivity index (χ1n) is 21.4. The summed E-state index contributed by atoms with van der Waals surface area (Å²) in [7, 11) is 0. The number of fused-ring (bicyclic) bond motifs is 14. The predicted octanol–water partition coefficient (Wildman–Crippen LogP) is 15.2. The van der Waals surface area contributed by atoms with Gasteiger partial charge in [0.05, 0.1) is 62.4 Å². The Hall–Kier alpha value is -9.44. The maximum absolute atomic E-state index is 10.9. The summed E-state index contributed by atoms with van der Waals surface area (Å²) in [4.78, 5) is 3.97. The van der Waals surface area contributed by atoms with Crippen LogP contribution in [0.15, 0.2) is 176 Å². The Kier molecular flexibility index (Phi) is 7.90. The minimum absolute atomic E-state index is 0.111. The summed E-state index contributed by atoms with van der Waals surface area (Å²) in [6.45, 7) is 8.51. The van der Waals surface area contributed by atoms with Gasteiger partial charge in [-0.3, -0.25) is 0 Å². The molecule has 0 aliphatic rings. The molecule has 0 atom stereocenters. The number of hydrogen-bond acceptors (Lipinski definition) is 4. The molecule has 0 aliphatic heterocycles. The van der Waals surface area contributed by atoms with Gasteiger partial charge in [-0.25, -0.2) is 4.85 Å². The molecule has 8 heteroatoms. The van der Waals surface area contributed by atoms with E-state index < -0.39 is 0 Å². The van der Waals surface area contributed by atoms with Crippen LogP contribution >= 0.6 is 11.3 Å². The van der Waals surface area contributed by atoms with Crippen molar-refractivity contribution < 1.29 is 0 Å². The second-order valence-corrected chi connectivity index (χ2v) is 17.5. The van der Waals surface area contributed by atoms with Crippen LogP contribution in [0.3, 0.4) is 0 Å². The van der Waals surface area contributed by atoms with Gasteiger partial charge in [0.25, 0.3) is 0 Å². The van der Waals surface area contributed by atoms with Crippen molar-refractivity contribution in [3.63, 3.8) is 0 Å². The normalized spacial score (nSPS) is 11.6. The fourth-order valence-corrected chi connectivity index (χ4v) is 11.6. The molecule has 0 unspecified atom stereocenters. The Balaban J connectivity index is 1.12. The lowest BCUT2D eigenvalue weighted by molar-refractivity contribution is 1.17. The molecule has 0 N–H and O–H groups in total. The molecule has 66 heavy (non-hydrogen) atoms. The molecule has 0 radical (unpaired) electrons. The lowest BCUT2D eigenvalue weighted by Crippen LogP contribution is -2.01. The van der Waals surface area contributed by atoms with Gasteiger partial charge in [0.1, 0.15) is 12.1 Å². The molecule has 13 aromatic rings. The molecule has 0 spiro atoms. The average molecular weight is 856 g/mol. The molecule has 302 valence electrons. The van der Waals surface area contributed by atoms with Crippen molar-refractivity contribution in [2.24, 2.45) is 0 Å².